The van der Waals surface area contributed by atoms with Crippen molar-refractivity contribution < 1.29 is 9.53 Å². The van der Waals surface area contributed by atoms with Crippen molar-refractivity contribution in [3.63, 3.8) is 0 Å². The van der Waals surface area contributed by atoms with Gasteiger partial charge in [0.25, 0.3) is 5.91 Å². The number of benzene rings is 2. The van der Waals surface area contributed by atoms with Crippen LogP contribution < -0.4 is 10.1 Å². The van der Waals surface area contributed by atoms with Crippen LogP contribution in [0.5, 0.6) is 5.75 Å². The van der Waals surface area contributed by atoms with Gasteiger partial charge in [0.2, 0.25) is 0 Å². The van der Waals surface area contributed by atoms with Gasteiger partial charge in [-0.05, 0) is 43.0 Å². The Bertz CT molecular complexity index is 760. The van der Waals surface area contributed by atoms with Gasteiger partial charge in [-0.1, -0.05) is 30.7 Å². The summed E-state index contributed by atoms with van der Waals surface area (Å²) >= 11 is 0. The lowest BCUT2D eigenvalue weighted by molar-refractivity contribution is 0.0938. The third-order valence-electron chi connectivity index (χ3n) is 4.40. The van der Waals surface area contributed by atoms with E-state index < -0.39 is 0 Å². The smallest absolute Gasteiger partial charge is 0.251 e. The Balaban J connectivity index is 1.60. The summed E-state index contributed by atoms with van der Waals surface area (Å²) in [6, 6.07) is 16.7. The van der Waals surface area contributed by atoms with Crippen LogP contribution in [0.3, 0.4) is 0 Å². The van der Waals surface area contributed by atoms with Gasteiger partial charge < -0.3 is 10.1 Å². The molecule has 0 heterocycles. The molecular weight excluding hydrogens is 300 g/mol. The van der Waals surface area contributed by atoms with Crippen LogP contribution in [0.4, 0.5) is 0 Å². The van der Waals surface area contributed by atoms with Gasteiger partial charge >= 0.3 is 0 Å². The molecule has 0 spiro atoms. The number of carbonyl (C=O) groups is 1. The molecule has 1 amide bonds. The molecule has 0 unspecified atom stereocenters. The van der Waals surface area contributed by atoms with Gasteiger partial charge in [-0.2, -0.15) is 5.26 Å². The second-order valence-corrected chi connectivity index (χ2v) is 6.09. The maximum Gasteiger partial charge on any atom is 0.251 e. The van der Waals surface area contributed by atoms with E-state index in [0.29, 0.717) is 29.4 Å². The molecule has 0 radical (unpaired) electrons. The van der Waals surface area contributed by atoms with Crippen molar-refractivity contribution in [2.45, 2.75) is 25.9 Å². The zero-order valence-electron chi connectivity index (χ0n) is 13.5. The van der Waals surface area contributed by atoms with E-state index in [0.717, 1.165) is 12.1 Å². The lowest BCUT2D eigenvalue weighted by Crippen LogP contribution is -2.32. The summed E-state index contributed by atoms with van der Waals surface area (Å²) in [7, 11) is 0. The Morgan fingerprint density at radius 1 is 1.21 bits per heavy atom. The maximum atomic E-state index is 12.2. The first-order chi connectivity index (χ1) is 11.8. The molecule has 1 fully saturated rings. The molecule has 1 aliphatic rings. The first kappa shape index (κ1) is 16.1. The highest BCUT2D eigenvalue weighted by Crippen LogP contribution is 2.25. The van der Waals surface area contributed by atoms with E-state index in [1.54, 1.807) is 18.2 Å². The summed E-state index contributed by atoms with van der Waals surface area (Å²) in [6.07, 6.45) is 3.69. The molecule has 4 heteroatoms. The summed E-state index contributed by atoms with van der Waals surface area (Å²) in [6.45, 7) is 1.05. The van der Waals surface area contributed by atoms with Crippen LogP contribution in [0.15, 0.2) is 48.5 Å². The molecule has 3 rings (SSSR count). The number of nitrogens with zero attached hydrogens (tertiary/aromatic N) is 1. The van der Waals surface area contributed by atoms with Crippen molar-refractivity contribution in [3.8, 4) is 11.8 Å². The highest BCUT2D eigenvalue weighted by molar-refractivity contribution is 5.94. The number of amides is 1. The minimum absolute atomic E-state index is 0.0650. The Labute approximate surface area is 142 Å². The molecule has 2 aromatic rings. The molecule has 24 heavy (non-hydrogen) atoms. The highest BCUT2D eigenvalue weighted by atomic mass is 16.5. The summed E-state index contributed by atoms with van der Waals surface area (Å²) in [5.74, 6) is 1.19. The first-order valence-electron chi connectivity index (χ1n) is 8.25. The van der Waals surface area contributed by atoms with E-state index in [2.05, 4.69) is 11.4 Å². The topological polar surface area (TPSA) is 62.1 Å². The Morgan fingerprint density at radius 2 is 2.04 bits per heavy atom. The van der Waals surface area contributed by atoms with Crippen LogP contribution in [-0.4, -0.2) is 12.5 Å². The van der Waals surface area contributed by atoms with Crippen LogP contribution in [0.25, 0.3) is 0 Å². The second kappa shape index (κ2) is 7.65. The van der Waals surface area contributed by atoms with Gasteiger partial charge in [0.1, 0.15) is 12.4 Å². The van der Waals surface area contributed by atoms with E-state index in [1.165, 1.54) is 19.3 Å². The minimum atomic E-state index is -0.0650. The average molecular weight is 320 g/mol. The fraction of sp³-hybridized carbons (Fsp3) is 0.300. The van der Waals surface area contributed by atoms with Gasteiger partial charge in [0, 0.05) is 17.7 Å². The van der Waals surface area contributed by atoms with Gasteiger partial charge in [-0.15, -0.1) is 0 Å². The van der Waals surface area contributed by atoms with E-state index >= 15 is 0 Å². The van der Waals surface area contributed by atoms with E-state index in [-0.39, 0.29) is 5.91 Å². The lowest BCUT2D eigenvalue weighted by atomic mass is 9.85. The lowest BCUT2D eigenvalue weighted by Gasteiger charge is -2.25. The highest BCUT2D eigenvalue weighted by Gasteiger charge is 2.18. The van der Waals surface area contributed by atoms with Gasteiger partial charge in [0.15, 0.2) is 0 Å². The number of nitriles is 1. The van der Waals surface area contributed by atoms with Crippen molar-refractivity contribution in [2.24, 2.45) is 5.92 Å². The molecule has 1 N–H and O–H groups in total. The molecule has 0 aliphatic heterocycles. The minimum Gasteiger partial charge on any atom is -0.489 e. The van der Waals surface area contributed by atoms with E-state index in [4.69, 9.17) is 10.00 Å². The van der Waals surface area contributed by atoms with Gasteiger partial charge in [-0.25, -0.2) is 0 Å². The number of hydrogen-bond donors (Lipinski definition) is 1. The predicted octanol–water partition coefficient (Wildman–Crippen LogP) is 3.67. The summed E-state index contributed by atoms with van der Waals surface area (Å²) in [5.41, 5.74) is 2.03. The standard InChI is InChI=1S/C20H20N2O2/c21-12-17-7-1-2-8-18(17)14-24-19-10-4-9-16(11-19)20(23)22-13-15-5-3-6-15/h1-2,4,7-11,15H,3,5-6,13-14H2,(H,22,23). The quantitative estimate of drug-likeness (QED) is 0.883. The molecule has 0 aromatic heterocycles. The number of hydrogen-bond acceptors (Lipinski definition) is 3. The summed E-state index contributed by atoms with van der Waals surface area (Å²) in [5, 5.41) is 12.1. The zero-order valence-corrected chi connectivity index (χ0v) is 13.5. The average Bonchev–Trinajstić information content (AvgIpc) is 2.59. The van der Waals surface area contributed by atoms with Crippen LogP contribution in [0.1, 0.15) is 40.7 Å². The van der Waals surface area contributed by atoms with Crippen LogP contribution >= 0.6 is 0 Å². The SMILES string of the molecule is N#Cc1ccccc1COc1cccc(C(=O)NCC2CCC2)c1. The molecule has 1 aliphatic carbocycles. The molecule has 0 saturated heterocycles. The zero-order chi connectivity index (χ0) is 16.8. The van der Waals surface area contributed by atoms with Crippen LogP contribution in [0, 0.1) is 17.2 Å². The molecule has 1 saturated carbocycles. The van der Waals surface area contributed by atoms with Gasteiger partial charge in [0.05, 0.1) is 11.6 Å². The molecule has 122 valence electrons. The molecular formula is C20H20N2O2. The Kier molecular flexibility index (Phi) is 5.12. The summed E-state index contributed by atoms with van der Waals surface area (Å²) in [4.78, 5) is 12.2. The predicted molar refractivity (Wildman–Crippen MR) is 91.6 cm³/mol. The fourth-order valence-corrected chi connectivity index (χ4v) is 2.68. The molecule has 0 atom stereocenters. The Hall–Kier alpha value is -2.80. The molecule has 4 nitrogen and oxygen atoms in total. The van der Waals surface area contributed by atoms with Gasteiger partial charge in [-0.3, -0.25) is 4.79 Å². The van der Waals surface area contributed by atoms with Crippen molar-refractivity contribution in [3.05, 3.63) is 65.2 Å². The monoisotopic (exact) mass is 320 g/mol. The van der Waals surface area contributed by atoms with Crippen molar-refractivity contribution >= 4 is 5.91 Å². The van der Waals surface area contributed by atoms with Crippen LogP contribution in [0.2, 0.25) is 0 Å². The number of rotatable bonds is 6. The largest absolute Gasteiger partial charge is 0.489 e. The van der Waals surface area contributed by atoms with Crippen molar-refractivity contribution in [2.75, 3.05) is 6.54 Å². The molecule has 2 aromatic carbocycles. The van der Waals surface area contributed by atoms with E-state index in [9.17, 15) is 4.79 Å². The molecule has 0 bridgehead atoms. The van der Waals surface area contributed by atoms with Crippen molar-refractivity contribution in [1.82, 2.24) is 5.32 Å². The number of nitrogens with one attached hydrogen (secondary N) is 1. The van der Waals surface area contributed by atoms with E-state index in [1.807, 2.05) is 30.3 Å². The van der Waals surface area contributed by atoms with Crippen molar-refractivity contribution in [1.29, 1.82) is 5.26 Å². The maximum absolute atomic E-state index is 12.2. The van der Waals surface area contributed by atoms with Crippen LogP contribution in [-0.2, 0) is 6.61 Å². The fourth-order valence-electron chi connectivity index (χ4n) is 2.68. The first-order valence-corrected chi connectivity index (χ1v) is 8.25. The number of ether oxygens (including phenoxy) is 1. The Morgan fingerprint density at radius 3 is 2.79 bits per heavy atom. The normalized spacial score (nSPS) is 13.6. The third-order valence-corrected chi connectivity index (χ3v) is 4.40. The summed E-state index contributed by atoms with van der Waals surface area (Å²) < 4.78 is 5.75. The number of carbonyl (C=O) groups excluding carboxylic acids is 1. The second-order valence-electron chi connectivity index (χ2n) is 6.09. The third kappa shape index (κ3) is 3.94.